The topological polar surface area (TPSA) is 84.3 Å². The minimum Gasteiger partial charge on any atom is -0.345 e. The van der Waals surface area contributed by atoms with Crippen molar-refractivity contribution in [1.29, 1.82) is 0 Å². The Kier molecular flexibility index (Phi) is 4.36. The van der Waals surface area contributed by atoms with Gasteiger partial charge in [0.05, 0.1) is 23.8 Å². The number of benzene rings is 1. The summed E-state index contributed by atoms with van der Waals surface area (Å²) in [5.41, 5.74) is 0.902. The summed E-state index contributed by atoms with van der Waals surface area (Å²) < 4.78 is 1.36. The second-order valence-electron chi connectivity index (χ2n) is 5.54. The molecule has 7 heteroatoms. The molecule has 1 N–H and O–H groups in total. The van der Waals surface area contributed by atoms with E-state index in [1.807, 2.05) is 6.07 Å². The Bertz CT molecular complexity index is 793. The fraction of sp³-hybridized carbons (Fsp3) is 0.375. The number of para-hydroxylation sites is 2. The van der Waals surface area contributed by atoms with Crippen molar-refractivity contribution < 1.29 is 9.59 Å². The van der Waals surface area contributed by atoms with Gasteiger partial charge in [-0.3, -0.25) is 19.0 Å². The van der Waals surface area contributed by atoms with E-state index in [2.05, 4.69) is 10.3 Å². The van der Waals surface area contributed by atoms with E-state index in [0.717, 1.165) is 25.9 Å². The minimum absolute atomic E-state index is 0.0312. The van der Waals surface area contributed by atoms with Crippen LogP contribution >= 0.6 is 0 Å². The van der Waals surface area contributed by atoms with Crippen LogP contribution in [0.5, 0.6) is 0 Å². The number of nitrogens with zero attached hydrogens (tertiary/aromatic N) is 3. The number of hydrogen-bond donors (Lipinski definition) is 1. The van der Waals surface area contributed by atoms with E-state index < -0.39 is 0 Å². The fourth-order valence-electron chi connectivity index (χ4n) is 2.73. The zero-order valence-electron chi connectivity index (χ0n) is 12.7. The van der Waals surface area contributed by atoms with Crippen LogP contribution in [0.3, 0.4) is 0 Å². The summed E-state index contributed by atoms with van der Waals surface area (Å²) in [6.45, 7) is 1.35. The number of amides is 2. The van der Waals surface area contributed by atoms with E-state index in [1.54, 1.807) is 23.1 Å². The summed E-state index contributed by atoms with van der Waals surface area (Å²) in [5.74, 6) is -0.446. The summed E-state index contributed by atoms with van der Waals surface area (Å²) in [7, 11) is 0. The molecule has 1 aromatic carbocycles. The van der Waals surface area contributed by atoms with E-state index in [4.69, 9.17) is 0 Å². The summed E-state index contributed by atoms with van der Waals surface area (Å²) in [4.78, 5) is 41.7. The fourth-order valence-corrected chi connectivity index (χ4v) is 2.73. The molecule has 1 aromatic heterocycles. The van der Waals surface area contributed by atoms with E-state index >= 15 is 0 Å². The van der Waals surface area contributed by atoms with Crippen LogP contribution in [0.2, 0.25) is 0 Å². The van der Waals surface area contributed by atoms with Gasteiger partial charge >= 0.3 is 0 Å². The molecule has 3 rings (SSSR count). The maximum absolute atomic E-state index is 12.1. The molecule has 120 valence electrons. The number of rotatable bonds is 4. The van der Waals surface area contributed by atoms with Crippen LogP contribution in [0.15, 0.2) is 35.3 Å². The highest BCUT2D eigenvalue weighted by Crippen LogP contribution is 2.08. The molecule has 0 spiro atoms. The average molecular weight is 314 g/mol. The van der Waals surface area contributed by atoms with Crippen LogP contribution in [-0.2, 0) is 16.1 Å². The van der Waals surface area contributed by atoms with Crippen molar-refractivity contribution in [3.63, 3.8) is 0 Å². The van der Waals surface area contributed by atoms with Gasteiger partial charge in [-0.2, -0.15) is 0 Å². The standard InChI is InChI=1S/C16H18N4O3/c21-14(18-9-15(22)19-7-3-4-8-19)11-20-13-6-2-1-5-12(13)17-10-16(20)23/h1-2,5-6,10H,3-4,7-9,11H2,(H,18,21). The lowest BCUT2D eigenvalue weighted by Gasteiger charge is -2.15. The first-order valence-corrected chi connectivity index (χ1v) is 7.64. The smallest absolute Gasteiger partial charge is 0.269 e. The van der Waals surface area contributed by atoms with Gasteiger partial charge in [-0.05, 0) is 25.0 Å². The molecule has 0 radical (unpaired) electrons. The van der Waals surface area contributed by atoms with Crippen molar-refractivity contribution in [2.45, 2.75) is 19.4 Å². The van der Waals surface area contributed by atoms with Crippen molar-refractivity contribution in [2.24, 2.45) is 0 Å². The van der Waals surface area contributed by atoms with Crippen LogP contribution in [0, 0.1) is 0 Å². The molecule has 0 aliphatic carbocycles. The van der Waals surface area contributed by atoms with Gasteiger partial charge in [0.1, 0.15) is 6.54 Å². The maximum Gasteiger partial charge on any atom is 0.269 e. The lowest BCUT2D eigenvalue weighted by atomic mass is 10.3. The van der Waals surface area contributed by atoms with E-state index in [0.29, 0.717) is 11.0 Å². The number of likely N-dealkylation sites (tertiary alicyclic amines) is 1. The second kappa shape index (κ2) is 6.60. The zero-order chi connectivity index (χ0) is 16.2. The summed E-state index contributed by atoms with van der Waals surface area (Å²) >= 11 is 0. The molecular formula is C16H18N4O3. The first-order valence-electron chi connectivity index (χ1n) is 7.64. The number of carbonyl (C=O) groups excluding carboxylic acids is 2. The highest BCUT2D eigenvalue weighted by atomic mass is 16.2. The predicted octanol–water partition coefficient (Wildman–Crippen LogP) is 0.135. The SMILES string of the molecule is O=C(Cn1c(=O)cnc2ccccc21)NCC(=O)N1CCCC1. The monoisotopic (exact) mass is 314 g/mol. The normalized spacial score (nSPS) is 14.2. The van der Waals surface area contributed by atoms with Gasteiger partial charge in [0, 0.05) is 13.1 Å². The zero-order valence-corrected chi connectivity index (χ0v) is 12.7. The molecule has 0 bridgehead atoms. The van der Waals surface area contributed by atoms with Gasteiger partial charge in [0.2, 0.25) is 11.8 Å². The van der Waals surface area contributed by atoms with Crippen LogP contribution in [0.25, 0.3) is 11.0 Å². The quantitative estimate of drug-likeness (QED) is 0.870. The van der Waals surface area contributed by atoms with E-state index in [-0.39, 0.29) is 30.5 Å². The molecule has 7 nitrogen and oxygen atoms in total. The summed E-state index contributed by atoms with van der Waals surface area (Å²) in [5, 5.41) is 2.59. The number of fused-ring (bicyclic) bond motifs is 1. The number of aromatic nitrogens is 2. The van der Waals surface area contributed by atoms with Gasteiger partial charge in [-0.1, -0.05) is 12.1 Å². The second-order valence-corrected chi connectivity index (χ2v) is 5.54. The van der Waals surface area contributed by atoms with Crippen LogP contribution < -0.4 is 10.9 Å². The lowest BCUT2D eigenvalue weighted by Crippen LogP contribution is -2.40. The molecule has 0 unspecified atom stereocenters. The van der Waals surface area contributed by atoms with Crippen LogP contribution in [0.1, 0.15) is 12.8 Å². The molecule has 1 fully saturated rings. The first-order chi connectivity index (χ1) is 11.1. The lowest BCUT2D eigenvalue weighted by molar-refractivity contribution is -0.132. The predicted molar refractivity (Wildman–Crippen MR) is 84.8 cm³/mol. The van der Waals surface area contributed by atoms with Crippen molar-refractivity contribution >= 4 is 22.8 Å². The first kappa shape index (κ1) is 15.2. The minimum atomic E-state index is -0.365. The average Bonchev–Trinajstić information content (AvgIpc) is 3.10. The Balaban J connectivity index is 1.67. The molecule has 1 aliphatic heterocycles. The Hall–Kier alpha value is -2.70. The van der Waals surface area contributed by atoms with Crippen LogP contribution in [-0.4, -0.2) is 45.9 Å². The molecule has 23 heavy (non-hydrogen) atoms. The summed E-state index contributed by atoms with van der Waals surface area (Å²) in [6.07, 6.45) is 3.22. The third kappa shape index (κ3) is 3.39. The highest BCUT2D eigenvalue weighted by molar-refractivity contribution is 5.85. The van der Waals surface area contributed by atoms with Crippen LogP contribution in [0.4, 0.5) is 0 Å². The molecular weight excluding hydrogens is 296 g/mol. The Morgan fingerprint density at radius 2 is 1.91 bits per heavy atom. The van der Waals surface area contributed by atoms with Crippen molar-refractivity contribution in [2.75, 3.05) is 19.6 Å². The van der Waals surface area contributed by atoms with E-state index in [1.165, 1.54) is 10.8 Å². The van der Waals surface area contributed by atoms with Gasteiger partial charge < -0.3 is 10.2 Å². The van der Waals surface area contributed by atoms with E-state index in [9.17, 15) is 14.4 Å². The van der Waals surface area contributed by atoms with Gasteiger partial charge in [0.25, 0.3) is 5.56 Å². The molecule has 2 heterocycles. The third-order valence-electron chi connectivity index (χ3n) is 3.95. The largest absolute Gasteiger partial charge is 0.345 e. The van der Waals surface area contributed by atoms with Gasteiger partial charge in [0.15, 0.2) is 0 Å². The molecule has 0 atom stereocenters. The Labute approximate surface area is 132 Å². The number of nitrogens with one attached hydrogen (secondary N) is 1. The van der Waals surface area contributed by atoms with Crippen molar-refractivity contribution in [1.82, 2.24) is 19.8 Å². The molecule has 1 aliphatic rings. The molecule has 2 amide bonds. The Morgan fingerprint density at radius 3 is 2.70 bits per heavy atom. The third-order valence-corrected chi connectivity index (χ3v) is 3.95. The molecule has 2 aromatic rings. The molecule has 1 saturated heterocycles. The van der Waals surface area contributed by atoms with Crippen molar-refractivity contribution in [3.8, 4) is 0 Å². The van der Waals surface area contributed by atoms with Crippen molar-refractivity contribution in [3.05, 3.63) is 40.8 Å². The number of carbonyl (C=O) groups is 2. The Morgan fingerprint density at radius 1 is 1.17 bits per heavy atom. The van der Waals surface area contributed by atoms with Gasteiger partial charge in [-0.25, -0.2) is 4.98 Å². The highest BCUT2D eigenvalue weighted by Gasteiger charge is 2.18. The summed E-state index contributed by atoms with van der Waals surface area (Å²) in [6, 6.07) is 7.13. The van der Waals surface area contributed by atoms with Gasteiger partial charge in [-0.15, -0.1) is 0 Å². The molecule has 0 saturated carbocycles. The number of hydrogen-bond acceptors (Lipinski definition) is 4. The maximum atomic E-state index is 12.1.